The molecule has 1 aliphatic heterocycles. The number of anilines is 1. The Balaban J connectivity index is 1.93. The fourth-order valence-electron chi connectivity index (χ4n) is 2.74. The summed E-state index contributed by atoms with van der Waals surface area (Å²) in [6.45, 7) is 9.65. The first-order chi connectivity index (χ1) is 11.7. The number of urea groups is 1. The standard InChI is InChI=1S/C16H22N6O2S/c1-9(2)19-14(23)16(4,5)21-8-11-10(3)13(22-17-6-7-18-22)25-12(11)20-15(21)24/h6-7,9H,8H2,1-5H3,(H,19,23)(H,20,24). The van der Waals surface area contributed by atoms with Gasteiger partial charge in [-0.1, -0.05) is 11.3 Å². The topological polar surface area (TPSA) is 92.2 Å². The van der Waals surface area contributed by atoms with Crippen LogP contribution in [0.5, 0.6) is 0 Å². The molecule has 9 heteroatoms. The highest BCUT2D eigenvalue weighted by Crippen LogP contribution is 2.39. The normalized spacial score (nSPS) is 14.5. The van der Waals surface area contributed by atoms with E-state index >= 15 is 0 Å². The molecule has 25 heavy (non-hydrogen) atoms. The van der Waals surface area contributed by atoms with E-state index in [4.69, 9.17) is 0 Å². The zero-order valence-corrected chi connectivity index (χ0v) is 15.8. The van der Waals surface area contributed by atoms with Gasteiger partial charge in [0.2, 0.25) is 5.91 Å². The molecule has 134 valence electrons. The average molecular weight is 362 g/mol. The molecule has 3 rings (SSSR count). The second-order valence-corrected chi connectivity index (χ2v) is 7.86. The number of hydrogen-bond acceptors (Lipinski definition) is 5. The number of nitrogens with zero attached hydrogens (tertiary/aromatic N) is 4. The molecule has 0 saturated heterocycles. The second kappa shape index (κ2) is 6.14. The summed E-state index contributed by atoms with van der Waals surface area (Å²) in [4.78, 5) is 28.3. The number of hydrogen-bond donors (Lipinski definition) is 2. The molecule has 2 aromatic rings. The predicted octanol–water partition coefficient (Wildman–Crippen LogP) is 2.29. The summed E-state index contributed by atoms with van der Waals surface area (Å²) in [5.41, 5.74) is 1.02. The molecule has 0 saturated carbocycles. The van der Waals surface area contributed by atoms with Gasteiger partial charge in [-0.2, -0.15) is 10.2 Å². The Labute approximate surface area is 150 Å². The lowest BCUT2D eigenvalue weighted by molar-refractivity contribution is -0.130. The van der Waals surface area contributed by atoms with Crippen molar-refractivity contribution >= 4 is 28.3 Å². The number of carbonyl (C=O) groups is 2. The van der Waals surface area contributed by atoms with Gasteiger partial charge in [0.25, 0.3) is 0 Å². The molecular weight excluding hydrogens is 340 g/mol. The summed E-state index contributed by atoms with van der Waals surface area (Å²) in [5.74, 6) is -0.178. The summed E-state index contributed by atoms with van der Waals surface area (Å²) in [7, 11) is 0. The maximum atomic E-state index is 12.6. The lowest BCUT2D eigenvalue weighted by Gasteiger charge is -2.40. The van der Waals surface area contributed by atoms with E-state index in [2.05, 4.69) is 20.8 Å². The van der Waals surface area contributed by atoms with Gasteiger partial charge in [0.05, 0.1) is 18.9 Å². The molecule has 0 atom stereocenters. The number of nitrogens with one attached hydrogen (secondary N) is 2. The summed E-state index contributed by atoms with van der Waals surface area (Å²) < 4.78 is 0. The van der Waals surface area contributed by atoms with Crippen molar-refractivity contribution in [2.24, 2.45) is 0 Å². The van der Waals surface area contributed by atoms with Gasteiger partial charge in [0.1, 0.15) is 15.5 Å². The van der Waals surface area contributed by atoms with Crippen LogP contribution in [0.3, 0.4) is 0 Å². The molecule has 0 bridgehead atoms. The first kappa shape index (κ1) is 17.4. The van der Waals surface area contributed by atoms with Crippen LogP contribution in [0.1, 0.15) is 38.8 Å². The highest BCUT2D eigenvalue weighted by molar-refractivity contribution is 7.19. The van der Waals surface area contributed by atoms with E-state index in [0.717, 1.165) is 21.1 Å². The van der Waals surface area contributed by atoms with Crippen molar-refractivity contribution in [2.45, 2.75) is 52.7 Å². The minimum atomic E-state index is -0.968. The lowest BCUT2D eigenvalue weighted by Crippen LogP contribution is -2.59. The van der Waals surface area contributed by atoms with Gasteiger partial charge in [-0.3, -0.25) is 10.1 Å². The number of rotatable bonds is 4. The van der Waals surface area contributed by atoms with Crippen LogP contribution in [0.15, 0.2) is 12.4 Å². The summed E-state index contributed by atoms with van der Waals surface area (Å²) in [6, 6.07) is -0.270. The Hall–Kier alpha value is -2.42. The third-order valence-electron chi connectivity index (χ3n) is 4.28. The fraction of sp³-hybridized carbons (Fsp3) is 0.500. The molecule has 0 radical (unpaired) electrons. The van der Waals surface area contributed by atoms with Crippen molar-refractivity contribution in [3.63, 3.8) is 0 Å². The SMILES string of the molecule is Cc1c(-n2nccn2)sc2c1CN(C(C)(C)C(=O)NC(C)C)C(=O)N2. The smallest absolute Gasteiger partial charge is 0.323 e. The van der Waals surface area contributed by atoms with Gasteiger partial charge in [0, 0.05) is 11.6 Å². The first-order valence-electron chi connectivity index (χ1n) is 8.10. The van der Waals surface area contributed by atoms with Gasteiger partial charge in [0.15, 0.2) is 0 Å². The van der Waals surface area contributed by atoms with E-state index in [9.17, 15) is 9.59 Å². The van der Waals surface area contributed by atoms with E-state index in [-0.39, 0.29) is 18.0 Å². The van der Waals surface area contributed by atoms with Gasteiger partial charge in [-0.25, -0.2) is 4.79 Å². The number of carbonyl (C=O) groups excluding carboxylic acids is 2. The second-order valence-electron chi connectivity index (χ2n) is 6.86. The van der Waals surface area contributed by atoms with Gasteiger partial charge < -0.3 is 10.2 Å². The van der Waals surface area contributed by atoms with Gasteiger partial charge >= 0.3 is 6.03 Å². The van der Waals surface area contributed by atoms with Crippen LogP contribution in [0, 0.1) is 6.92 Å². The molecule has 3 heterocycles. The quantitative estimate of drug-likeness (QED) is 0.873. The van der Waals surface area contributed by atoms with Crippen LogP contribution in [0.2, 0.25) is 0 Å². The summed E-state index contributed by atoms with van der Waals surface area (Å²) in [5, 5.41) is 15.8. The Bertz CT molecular complexity index is 809. The zero-order valence-electron chi connectivity index (χ0n) is 15.0. The van der Waals surface area contributed by atoms with E-state index in [0.29, 0.717) is 6.54 Å². The third kappa shape index (κ3) is 2.99. The van der Waals surface area contributed by atoms with E-state index < -0.39 is 5.54 Å². The number of fused-ring (bicyclic) bond motifs is 1. The van der Waals surface area contributed by atoms with Crippen LogP contribution in [-0.4, -0.2) is 43.4 Å². The molecule has 8 nitrogen and oxygen atoms in total. The van der Waals surface area contributed by atoms with E-state index in [1.54, 1.807) is 35.9 Å². The van der Waals surface area contributed by atoms with Crippen molar-refractivity contribution in [3.8, 4) is 5.00 Å². The summed E-state index contributed by atoms with van der Waals surface area (Å²) in [6.07, 6.45) is 3.23. The van der Waals surface area contributed by atoms with Crippen LogP contribution < -0.4 is 10.6 Å². The highest BCUT2D eigenvalue weighted by atomic mass is 32.1. The monoisotopic (exact) mass is 362 g/mol. The Morgan fingerprint density at radius 3 is 2.60 bits per heavy atom. The molecule has 3 amide bonds. The van der Waals surface area contributed by atoms with Crippen LogP contribution in [0.25, 0.3) is 5.00 Å². The molecule has 0 spiro atoms. The van der Waals surface area contributed by atoms with Crippen molar-refractivity contribution < 1.29 is 9.59 Å². The average Bonchev–Trinajstić information content (AvgIpc) is 3.14. The van der Waals surface area contributed by atoms with E-state index in [1.807, 2.05) is 20.8 Å². The maximum Gasteiger partial charge on any atom is 0.323 e. The largest absolute Gasteiger partial charge is 0.352 e. The number of aromatic nitrogens is 3. The Kier molecular flexibility index (Phi) is 4.28. The molecule has 0 aliphatic carbocycles. The predicted molar refractivity (Wildman–Crippen MR) is 95.9 cm³/mol. The molecule has 0 unspecified atom stereocenters. The molecule has 0 fully saturated rings. The van der Waals surface area contributed by atoms with Crippen molar-refractivity contribution in [2.75, 3.05) is 5.32 Å². The Morgan fingerprint density at radius 1 is 1.36 bits per heavy atom. The minimum absolute atomic E-state index is 0.00978. The van der Waals surface area contributed by atoms with Crippen molar-refractivity contribution in [3.05, 3.63) is 23.5 Å². The highest BCUT2D eigenvalue weighted by Gasteiger charge is 2.41. The number of amides is 3. The third-order valence-corrected chi connectivity index (χ3v) is 5.49. The summed E-state index contributed by atoms with van der Waals surface area (Å²) >= 11 is 1.43. The van der Waals surface area contributed by atoms with Gasteiger partial charge in [-0.05, 0) is 40.2 Å². The Morgan fingerprint density at radius 2 is 2.00 bits per heavy atom. The zero-order chi connectivity index (χ0) is 18.4. The van der Waals surface area contributed by atoms with Crippen molar-refractivity contribution in [1.82, 2.24) is 25.2 Å². The molecule has 0 aromatic carbocycles. The molecule has 2 aromatic heterocycles. The lowest BCUT2D eigenvalue weighted by atomic mass is 9.99. The maximum absolute atomic E-state index is 12.6. The first-order valence-corrected chi connectivity index (χ1v) is 8.92. The van der Waals surface area contributed by atoms with Crippen LogP contribution >= 0.6 is 11.3 Å². The number of thiophene rings is 1. The van der Waals surface area contributed by atoms with E-state index in [1.165, 1.54) is 11.3 Å². The van der Waals surface area contributed by atoms with Crippen LogP contribution in [0.4, 0.5) is 9.80 Å². The minimum Gasteiger partial charge on any atom is -0.352 e. The van der Waals surface area contributed by atoms with Crippen molar-refractivity contribution in [1.29, 1.82) is 0 Å². The molecular formula is C16H22N6O2S. The fourth-order valence-corrected chi connectivity index (χ4v) is 3.87. The molecule has 2 N–H and O–H groups in total. The van der Waals surface area contributed by atoms with Gasteiger partial charge in [-0.15, -0.1) is 4.80 Å². The molecule has 1 aliphatic rings. The van der Waals surface area contributed by atoms with Crippen LogP contribution in [-0.2, 0) is 11.3 Å².